The number of hydrogen-bond donors (Lipinski definition) is 0. The van der Waals surface area contributed by atoms with Crippen molar-refractivity contribution in [3.05, 3.63) is 47.7 Å². The van der Waals surface area contributed by atoms with Gasteiger partial charge in [0.25, 0.3) is 0 Å². The molecule has 0 bridgehead atoms. The van der Waals surface area contributed by atoms with E-state index >= 15 is 8.78 Å². The van der Waals surface area contributed by atoms with Gasteiger partial charge in [-0.3, -0.25) is 4.90 Å². The second-order valence-corrected chi connectivity index (χ2v) is 24.8. The van der Waals surface area contributed by atoms with E-state index in [4.69, 9.17) is 23.9 Å². The van der Waals surface area contributed by atoms with Crippen LogP contribution in [0.4, 0.5) is 23.8 Å². The molecule has 2 aromatic carbocycles. The Labute approximate surface area is 364 Å². The summed E-state index contributed by atoms with van der Waals surface area (Å²) in [5.74, 6) is 2.72. The molecule has 3 aliphatic rings. The maximum atomic E-state index is 17.7. The Morgan fingerprint density at radius 1 is 1.03 bits per heavy atom. The van der Waals surface area contributed by atoms with Crippen LogP contribution in [0, 0.1) is 23.1 Å². The SMILES string of the molecule is COCOc1cc(-c2nc(N(C)C3CN(C(=O)OC(C)(C)C)C3)c3cnc(OC[C@@]45CCCN4C[C@H](F)C5)nc3c2F)c2c(C#C[Si](C(C)C)(C(C)C)C(C)C)c(F)ccc2c1. The van der Waals surface area contributed by atoms with E-state index in [2.05, 4.69) is 67.9 Å². The van der Waals surface area contributed by atoms with Crippen LogP contribution in [0.1, 0.15) is 87.1 Å². The van der Waals surface area contributed by atoms with E-state index < -0.39 is 43.1 Å². The van der Waals surface area contributed by atoms with Crippen LogP contribution in [-0.2, 0) is 9.47 Å². The zero-order valence-corrected chi connectivity index (χ0v) is 39.0. The highest BCUT2D eigenvalue weighted by Gasteiger charge is 2.49. The van der Waals surface area contributed by atoms with Crippen molar-refractivity contribution in [2.45, 2.75) is 122 Å². The predicted octanol–water partition coefficient (Wildman–Crippen LogP) is 9.69. The topological polar surface area (TPSA) is 102 Å². The van der Waals surface area contributed by atoms with Gasteiger partial charge < -0.3 is 28.7 Å². The van der Waals surface area contributed by atoms with Gasteiger partial charge in [-0.2, -0.15) is 4.98 Å². The van der Waals surface area contributed by atoms with Gasteiger partial charge in [-0.25, -0.2) is 27.9 Å². The number of likely N-dealkylation sites (N-methyl/N-ethyl adjacent to an activating group) is 1. The zero-order valence-electron chi connectivity index (χ0n) is 38.0. The minimum Gasteiger partial charge on any atom is -0.468 e. The second-order valence-electron chi connectivity index (χ2n) is 19.2. The number of carbonyl (C=O) groups excluding carboxylic acids is 1. The Kier molecular flexibility index (Phi) is 12.8. The fourth-order valence-corrected chi connectivity index (χ4v) is 15.3. The monoisotopic (exact) mass is 874 g/mol. The number of benzene rings is 2. The molecule has 334 valence electrons. The largest absolute Gasteiger partial charge is 0.468 e. The second kappa shape index (κ2) is 17.5. The van der Waals surface area contributed by atoms with Gasteiger partial charge in [0.15, 0.2) is 12.6 Å². The first kappa shape index (κ1) is 45.4. The number of rotatable bonds is 12. The molecule has 15 heteroatoms. The molecule has 4 aromatic rings. The standard InChI is InChI=1S/C47H61F3N6O5Si/c1-28(2)62(29(3)4,30(5)6)18-15-35-38(49)14-13-31-19-34(60-27-58-11)20-36(39(31)35)41-40(50)42-37(43(52-41)54(10)33-24-55(25-33)45(57)61-46(7,8)9)22-51-44(53-42)59-26-47-16-12-17-56(47)23-32(48)21-47/h13-14,19-20,22,28-30,32-33H,12,16-17,21,23-27H2,1-11H3/t32-,47+/m1/s1. The predicted molar refractivity (Wildman–Crippen MR) is 239 cm³/mol. The van der Waals surface area contributed by atoms with Gasteiger partial charge >= 0.3 is 12.1 Å². The Morgan fingerprint density at radius 2 is 1.74 bits per heavy atom. The summed E-state index contributed by atoms with van der Waals surface area (Å²) in [5, 5.41) is 1.27. The smallest absolute Gasteiger partial charge is 0.410 e. The number of fused-ring (bicyclic) bond motifs is 3. The maximum Gasteiger partial charge on any atom is 0.410 e. The van der Waals surface area contributed by atoms with Crippen molar-refractivity contribution in [1.29, 1.82) is 0 Å². The quantitative estimate of drug-likeness (QED) is 0.0777. The van der Waals surface area contributed by atoms with Crippen LogP contribution < -0.4 is 14.4 Å². The first-order chi connectivity index (χ1) is 29.3. The number of alkyl halides is 1. The molecule has 0 aliphatic carbocycles. The Balaban J connectivity index is 1.41. The van der Waals surface area contributed by atoms with Crippen LogP contribution in [0.15, 0.2) is 30.5 Å². The molecular weight excluding hydrogens is 814 g/mol. The molecule has 0 radical (unpaired) electrons. The van der Waals surface area contributed by atoms with E-state index in [1.807, 2.05) is 32.7 Å². The van der Waals surface area contributed by atoms with Gasteiger partial charge in [0.1, 0.15) is 55.0 Å². The average molecular weight is 875 g/mol. The third-order valence-corrected chi connectivity index (χ3v) is 19.5. The van der Waals surface area contributed by atoms with E-state index in [1.165, 1.54) is 19.4 Å². The summed E-state index contributed by atoms with van der Waals surface area (Å²) < 4.78 is 71.8. The number of likely N-dealkylation sites (tertiary alicyclic amines) is 1. The Morgan fingerprint density at radius 3 is 2.40 bits per heavy atom. The van der Waals surface area contributed by atoms with Crippen LogP contribution in [-0.4, -0.2) is 116 Å². The fraction of sp³-hybridized carbons (Fsp3) is 0.574. The number of anilines is 1. The van der Waals surface area contributed by atoms with Crippen LogP contribution in [0.2, 0.25) is 16.6 Å². The van der Waals surface area contributed by atoms with Crippen molar-refractivity contribution < 1.29 is 36.9 Å². The van der Waals surface area contributed by atoms with Crippen LogP contribution in [0.3, 0.4) is 0 Å². The number of hydrogen-bond acceptors (Lipinski definition) is 10. The molecule has 3 fully saturated rings. The third-order valence-electron chi connectivity index (χ3n) is 13.2. The number of aromatic nitrogens is 3. The van der Waals surface area contributed by atoms with E-state index in [-0.39, 0.29) is 64.4 Å². The minimum atomic E-state index is -2.35. The molecule has 0 spiro atoms. The van der Waals surface area contributed by atoms with E-state index in [1.54, 1.807) is 23.1 Å². The lowest BCUT2D eigenvalue weighted by atomic mass is 9.95. The average Bonchev–Trinajstić information content (AvgIpc) is 3.71. The minimum absolute atomic E-state index is 0.0533. The molecule has 3 aliphatic heterocycles. The van der Waals surface area contributed by atoms with Crippen molar-refractivity contribution >= 4 is 41.7 Å². The molecular formula is C47H61F3N6O5Si. The maximum absolute atomic E-state index is 17.7. The molecule has 2 atom stereocenters. The van der Waals surface area contributed by atoms with Gasteiger partial charge in [-0.15, -0.1) is 5.54 Å². The highest BCUT2D eigenvalue weighted by Crippen LogP contribution is 2.44. The molecule has 2 aromatic heterocycles. The molecule has 11 nitrogen and oxygen atoms in total. The third kappa shape index (κ3) is 8.54. The summed E-state index contributed by atoms with van der Waals surface area (Å²) in [6.45, 7) is 20.5. The van der Waals surface area contributed by atoms with Crippen LogP contribution in [0.25, 0.3) is 32.9 Å². The van der Waals surface area contributed by atoms with Crippen molar-refractivity contribution in [3.63, 3.8) is 0 Å². The lowest BCUT2D eigenvalue weighted by Crippen LogP contribution is -2.61. The number of nitrogens with zero attached hydrogens (tertiary/aromatic N) is 6. The summed E-state index contributed by atoms with van der Waals surface area (Å²) in [7, 11) is 0.980. The summed E-state index contributed by atoms with van der Waals surface area (Å²) in [6, 6.07) is 6.14. The van der Waals surface area contributed by atoms with Gasteiger partial charge in [0.05, 0.1) is 22.5 Å². The molecule has 0 unspecified atom stereocenters. The van der Waals surface area contributed by atoms with Crippen molar-refractivity contribution in [2.75, 3.05) is 58.6 Å². The number of pyridine rings is 1. The first-order valence-corrected chi connectivity index (χ1v) is 24.0. The first-order valence-electron chi connectivity index (χ1n) is 21.8. The molecule has 62 heavy (non-hydrogen) atoms. The van der Waals surface area contributed by atoms with Gasteiger partial charge in [-0.1, -0.05) is 53.5 Å². The summed E-state index contributed by atoms with van der Waals surface area (Å²) >= 11 is 0. The van der Waals surface area contributed by atoms with E-state index in [0.29, 0.717) is 53.8 Å². The normalized spacial score (nSPS) is 19.6. The molecule has 0 saturated carbocycles. The Hall–Kier alpha value is -4.65. The Bertz CT molecular complexity index is 2370. The summed E-state index contributed by atoms with van der Waals surface area (Å²) in [4.78, 5) is 32.8. The van der Waals surface area contributed by atoms with Crippen LogP contribution in [0.5, 0.6) is 11.8 Å². The molecule has 0 N–H and O–H groups in total. The van der Waals surface area contributed by atoms with Crippen molar-refractivity contribution in [1.82, 2.24) is 24.8 Å². The number of halogens is 3. The zero-order chi connectivity index (χ0) is 44.9. The molecule has 5 heterocycles. The van der Waals surface area contributed by atoms with Gasteiger partial charge in [0, 0.05) is 57.4 Å². The van der Waals surface area contributed by atoms with Crippen LogP contribution >= 0.6 is 0 Å². The van der Waals surface area contributed by atoms with Crippen molar-refractivity contribution in [3.8, 4) is 34.5 Å². The van der Waals surface area contributed by atoms with Gasteiger partial charge in [0.2, 0.25) is 0 Å². The lowest BCUT2D eigenvalue weighted by molar-refractivity contribution is 0.00847. The fourth-order valence-electron chi connectivity index (χ4n) is 10.1. The number of ether oxygens (including phenoxy) is 4. The summed E-state index contributed by atoms with van der Waals surface area (Å²) in [5.41, 5.74) is 3.63. The number of methoxy groups -OCH3 is 1. The highest BCUT2D eigenvalue weighted by atomic mass is 28.3. The van der Waals surface area contributed by atoms with Crippen molar-refractivity contribution in [2.24, 2.45) is 0 Å². The molecule has 3 saturated heterocycles. The van der Waals surface area contributed by atoms with Gasteiger partial charge in [-0.05, 0) is 80.4 Å². The number of carbonyl (C=O) groups is 1. The number of amides is 1. The van der Waals surface area contributed by atoms with E-state index in [9.17, 15) is 9.18 Å². The van der Waals surface area contributed by atoms with E-state index in [0.717, 1.165) is 19.4 Å². The summed E-state index contributed by atoms with van der Waals surface area (Å²) in [6.07, 6.45) is 2.18. The molecule has 7 rings (SSSR count). The lowest BCUT2D eigenvalue weighted by Gasteiger charge is -2.44. The molecule has 1 amide bonds. The highest BCUT2D eigenvalue weighted by molar-refractivity contribution is 6.90.